The third-order valence-corrected chi connectivity index (χ3v) is 3.42. The topological polar surface area (TPSA) is 92.2 Å². The number of hydrogen-bond donors (Lipinski definition) is 2. The first-order valence-electron chi connectivity index (χ1n) is 6.02. The van der Waals surface area contributed by atoms with Crippen LogP contribution < -0.4 is 5.32 Å². The van der Waals surface area contributed by atoms with Gasteiger partial charge in [0.1, 0.15) is 10.9 Å². The van der Waals surface area contributed by atoms with Crippen molar-refractivity contribution in [2.24, 2.45) is 0 Å². The van der Waals surface area contributed by atoms with Crippen molar-refractivity contribution in [2.45, 2.75) is 18.9 Å². The number of aliphatic carboxylic acids is 1. The minimum Gasteiger partial charge on any atom is -0.480 e. The largest absolute Gasteiger partial charge is 0.480 e. The Morgan fingerprint density at radius 3 is 2.65 bits per heavy atom. The molecule has 2 N–H and O–H groups in total. The van der Waals surface area contributed by atoms with Crippen LogP contribution in [0.15, 0.2) is 36.5 Å². The molecule has 1 heterocycles. The van der Waals surface area contributed by atoms with Crippen LogP contribution in [-0.4, -0.2) is 32.6 Å². The summed E-state index contributed by atoms with van der Waals surface area (Å²) < 4.78 is 3.57. The molecule has 104 valence electrons. The van der Waals surface area contributed by atoms with Gasteiger partial charge in [-0.15, -0.1) is 5.10 Å². The van der Waals surface area contributed by atoms with Crippen LogP contribution >= 0.6 is 11.5 Å². The highest BCUT2D eigenvalue weighted by Gasteiger charge is 2.21. The molecule has 6 nitrogen and oxygen atoms in total. The Bertz CT molecular complexity index is 572. The summed E-state index contributed by atoms with van der Waals surface area (Å²) in [5.74, 6) is -1.51. The van der Waals surface area contributed by atoms with Gasteiger partial charge in [0.05, 0.1) is 6.20 Å². The average Bonchev–Trinajstić information content (AvgIpc) is 2.98. The molecule has 0 aliphatic heterocycles. The first-order valence-corrected chi connectivity index (χ1v) is 6.79. The first kappa shape index (κ1) is 14.1. The fourth-order valence-electron chi connectivity index (χ4n) is 1.71. The summed E-state index contributed by atoms with van der Waals surface area (Å²) in [5, 5.41) is 15.2. The molecule has 0 fully saturated rings. The molecule has 20 heavy (non-hydrogen) atoms. The second-order valence-electron chi connectivity index (χ2n) is 4.17. The Morgan fingerprint density at radius 1 is 1.30 bits per heavy atom. The normalized spacial score (nSPS) is 11.8. The van der Waals surface area contributed by atoms with Gasteiger partial charge in [0.2, 0.25) is 0 Å². The van der Waals surface area contributed by atoms with Crippen molar-refractivity contribution in [3.8, 4) is 0 Å². The number of carboxylic acid groups (broad SMARTS) is 1. The smallest absolute Gasteiger partial charge is 0.326 e. The van der Waals surface area contributed by atoms with Gasteiger partial charge in [0.15, 0.2) is 0 Å². The number of rotatable bonds is 6. The van der Waals surface area contributed by atoms with Crippen LogP contribution in [0.4, 0.5) is 0 Å². The maximum Gasteiger partial charge on any atom is 0.326 e. The van der Waals surface area contributed by atoms with E-state index in [0.717, 1.165) is 17.1 Å². The SMILES string of the molecule is O=C(NC(CCc1ccccc1)C(=O)O)c1cnns1. The molecule has 0 aliphatic rings. The van der Waals surface area contributed by atoms with E-state index in [4.69, 9.17) is 5.11 Å². The Morgan fingerprint density at radius 2 is 2.05 bits per heavy atom. The fraction of sp³-hybridized carbons (Fsp3) is 0.231. The van der Waals surface area contributed by atoms with Crippen LogP contribution in [0.2, 0.25) is 0 Å². The van der Waals surface area contributed by atoms with Crippen molar-refractivity contribution in [3.05, 3.63) is 47.0 Å². The Kier molecular flexibility index (Phi) is 4.78. The lowest BCUT2D eigenvalue weighted by molar-refractivity contribution is -0.139. The van der Waals surface area contributed by atoms with Crippen molar-refractivity contribution in [1.29, 1.82) is 0 Å². The predicted molar refractivity (Wildman–Crippen MR) is 73.6 cm³/mol. The zero-order valence-corrected chi connectivity index (χ0v) is 11.3. The number of carbonyl (C=O) groups is 2. The molecule has 0 spiro atoms. The molecule has 2 aromatic rings. The molecular weight excluding hydrogens is 278 g/mol. The molecule has 0 radical (unpaired) electrons. The lowest BCUT2D eigenvalue weighted by Crippen LogP contribution is -2.40. The molecule has 2 rings (SSSR count). The Balaban J connectivity index is 1.94. The van der Waals surface area contributed by atoms with Crippen molar-refractivity contribution < 1.29 is 14.7 Å². The predicted octanol–water partition coefficient (Wildman–Crippen LogP) is 1.35. The molecule has 1 aromatic carbocycles. The van der Waals surface area contributed by atoms with Gasteiger partial charge in [-0.25, -0.2) is 4.79 Å². The summed E-state index contributed by atoms with van der Waals surface area (Å²) in [6.07, 6.45) is 2.23. The molecule has 1 unspecified atom stereocenters. The number of aryl methyl sites for hydroxylation is 1. The third kappa shape index (κ3) is 3.86. The summed E-state index contributed by atoms with van der Waals surface area (Å²) in [7, 11) is 0. The Hall–Kier alpha value is -2.28. The monoisotopic (exact) mass is 291 g/mol. The van der Waals surface area contributed by atoms with E-state index in [1.807, 2.05) is 30.3 Å². The van der Waals surface area contributed by atoms with E-state index < -0.39 is 17.9 Å². The summed E-state index contributed by atoms with van der Waals surface area (Å²) in [4.78, 5) is 23.3. The van der Waals surface area contributed by atoms with Crippen molar-refractivity contribution in [1.82, 2.24) is 14.9 Å². The van der Waals surface area contributed by atoms with E-state index in [1.165, 1.54) is 6.20 Å². The molecule has 0 saturated heterocycles. The van der Waals surface area contributed by atoms with E-state index in [0.29, 0.717) is 17.7 Å². The van der Waals surface area contributed by atoms with Gasteiger partial charge in [-0.3, -0.25) is 4.79 Å². The fourth-order valence-corrected chi connectivity index (χ4v) is 2.13. The van der Waals surface area contributed by atoms with Crippen molar-refractivity contribution in [2.75, 3.05) is 0 Å². The van der Waals surface area contributed by atoms with E-state index in [2.05, 4.69) is 14.9 Å². The van der Waals surface area contributed by atoms with Crippen molar-refractivity contribution >= 4 is 23.4 Å². The van der Waals surface area contributed by atoms with Gasteiger partial charge in [-0.05, 0) is 29.9 Å². The minimum absolute atomic E-state index is 0.302. The number of carbonyl (C=O) groups excluding carboxylic acids is 1. The highest BCUT2D eigenvalue weighted by Crippen LogP contribution is 2.07. The van der Waals surface area contributed by atoms with Gasteiger partial charge in [0, 0.05) is 0 Å². The van der Waals surface area contributed by atoms with Gasteiger partial charge < -0.3 is 10.4 Å². The third-order valence-electron chi connectivity index (χ3n) is 2.75. The quantitative estimate of drug-likeness (QED) is 0.838. The number of nitrogens with zero attached hydrogens (tertiary/aromatic N) is 2. The highest BCUT2D eigenvalue weighted by molar-refractivity contribution is 7.07. The molecule has 1 aromatic heterocycles. The van der Waals surface area contributed by atoms with E-state index in [9.17, 15) is 9.59 Å². The number of nitrogens with one attached hydrogen (secondary N) is 1. The molecular formula is C13H13N3O3S. The van der Waals surface area contributed by atoms with Gasteiger partial charge in [-0.2, -0.15) is 0 Å². The number of amides is 1. The van der Waals surface area contributed by atoms with Crippen LogP contribution in [0.1, 0.15) is 21.7 Å². The molecule has 1 atom stereocenters. The van der Waals surface area contributed by atoms with E-state index in [-0.39, 0.29) is 0 Å². The Labute approximate surface area is 119 Å². The lowest BCUT2D eigenvalue weighted by atomic mass is 10.1. The van der Waals surface area contributed by atoms with Crippen molar-refractivity contribution in [3.63, 3.8) is 0 Å². The zero-order chi connectivity index (χ0) is 14.4. The van der Waals surface area contributed by atoms with Gasteiger partial charge in [0.25, 0.3) is 5.91 Å². The van der Waals surface area contributed by atoms with Crippen LogP contribution in [0, 0.1) is 0 Å². The van der Waals surface area contributed by atoms with Gasteiger partial charge >= 0.3 is 5.97 Å². The van der Waals surface area contributed by atoms with E-state index >= 15 is 0 Å². The standard InChI is InChI=1S/C13H13N3O3S/c17-12(11-8-14-16-20-11)15-10(13(18)19)7-6-9-4-2-1-3-5-9/h1-5,8,10H,6-7H2,(H,15,17)(H,18,19). The molecule has 0 saturated carbocycles. The van der Waals surface area contributed by atoms with Crippen LogP contribution in [-0.2, 0) is 11.2 Å². The summed E-state index contributed by atoms with van der Waals surface area (Å²) in [5.41, 5.74) is 1.03. The summed E-state index contributed by atoms with van der Waals surface area (Å²) in [6, 6.07) is 8.61. The lowest BCUT2D eigenvalue weighted by Gasteiger charge is -2.13. The summed E-state index contributed by atoms with van der Waals surface area (Å²) >= 11 is 0.933. The zero-order valence-electron chi connectivity index (χ0n) is 10.5. The maximum atomic E-state index is 11.8. The van der Waals surface area contributed by atoms with Gasteiger partial charge in [-0.1, -0.05) is 34.8 Å². The average molecular weight is 291 g/mol. The van der Waals surface area contributed by atoms with E-state index in [1.54, 1.807) is 0 Å². The second kappa shape index (κ2) is 6.76. The molecule has 1 amide bonds. The number of carboxylic acids is 1. The number of benzene rings is 1. The maximum absolute atomic E-state index is 11.8. The van der Waals surface area contributed by atoms with Crippen LogP contribution in [0.5, 0.6) is 0 Å². The molecule has 0 aliphatic carbocycles. The van der Waals surface area contributed by atoms with Crippen LogP contribution in [0.25, 0.3) is 0 Å². The number of hydrogen-bond acceptors (Lipinski definition) is 5. The highest BCUT2D eigenvalue weighted by atomic mass is 32.1. The molecule has 7 heteroatoms. The second-order valence-corrected chi connectivity index (χ2v) is 4.96. The first-order chi connectivity index (χ1) is 9.66. The summed E-state index contributed by atoms with van der Waals surface area (Å²) in [6.45, 7) is 0. The van der Waals surface area contributed by atoms with Crippen LogP contribution in [0.3, 0.4) is 0 Å². The minimum atomic E-state index is -1.05. The molecule has 0 bridgehead atoms. The number of aromatic nitrogens is 2.